The van der Waals surface area contributed by atoms with E-state index in [0.29, 0.717) is 42.6 Å². The summed E-state index contributed by atoms with van der Waals surface area (Å²) in [6.45, 7) is 3.80. The van der Waals surface area contributed by atoms with E-state index in [-0.39, 0.29) is 5.78 Å². The summed E-state index contributed by atoms with van der Waals surface area (Å²) in [7, 11) is 3.09. The Morgan fingerprint density at radius 1 is 0.969 bits per heavy atom. The first-order valence-corrected chi connectivity index (χ1v) is 11.1. The van der Waals surface area contributed by atoms with E-state index in [1.165, 1.54) is 13.5 Å². The van der Waals surface area contributed by atoms with E-state index in [9.17, 15) is 9.59 Å². The van der Waals surface area contributed by atoms with E-state index in [1.54, 1.807) is 27.0 Å². The number of esters is 1. The third-order valence-corrected chi connectivity index (χ3v) is 6.39. The summed E-state index contributed by atoms with van der Waals surface area (Å²) >= 11 is 0. The van der Waals surface area contributed by atoms with Crippen LogP contribution in [0.3, 0.4) is 0 Å². The summed E-state index contributed by atoms with van der Waals surface area (Å²) in [6, 6.07) is 9.38. The van der Waals surface area contributed by atoms with E-state index in [2.05, 4.69) is 0 Å². The first-order valence-electron chi connectivity index (χ1n) is 11.1. The second kappa shape index (κ2) is 8.85. The van der Waals surface area contributed by atoms with Crippen LogP contribution in [0.25, 0.3) is 11.1 Å². The number of carbonyl (C=O) groups is 2. The first-order chi connectivity index (χ1) is 15.4. The molecule has 0 saturated heterocycles. The second-order valence-electron chi connectivity index (χ2n) is 8.94. The Kier molecular flexibility index (Phi) is 6.13. The molecule has 0 amide bonds. The van der Waals surface area contributed by atoms with Crippen LogP contribution in [0.4, 0.5) is 0 Å². The zero-order chi connectivity index (χ0) is 22.9. The third-order valence-electron chi connectivity index (χ3n) is 6.39. The quantitative estimate of drug-likeness (QED) is 0.540. The van der Waals surface area contributed by atoms with Gasteiger partial charge in [-0.15, -0.1) is 0 Å². The van der Waals surface area contributed by atoms with E-state index in [1.807, 2.05) is 24.3 Å². The van der Waals surface area contributed by atoms with E-state index in [0.717, 1.165) is 35.1 Å². The molecule has 0 atom stereocenters. The van der Waals surface area contributed by atoms with Crippen LogP contribution >= 0.6 is 0 Å². The number of ether oxygens (including phenoxy) is 4. The Labute approximate surface area is 188 Å². The van der Waals surface area contributed by atoms with E-state index < -0.39 is 11.6 Å². The van der Waals surface area contributed by atoms with E-state index in [4.69, 9.17) is 18.9 Å². The van der Waals surface area contributed by atoms with Crippen LogP contribution in [0.2, 0.25) is 0 Å². The highest BCUT2D eigenvalue weighted by molar-refractivity contribution is 6.02. The molecule has 0 heterocycles. The predicted octanol–water partition coefficient (Wildman–Crippen LogP) is 5.00. The van der Waals surface area contributed by atoms with Gasteiger partial charge in [0, 0.05) is 17.5 Å². The lowest BCUT2D eigenvalue weighted by atomic mass is 9.86. The third kappa shape index (κ3) is 4.06. The maximum Gasteiger partial charge on any atom is 0.349 e. The number of fused-ring (bicyclic) bond motifs is 1. The summed E-state index contributed by atoms with van der Waals surface area (Å²) in [6.07, 6.45) is 4.55. The van der Waals surface area contributed by atoms with Gasteiger partial charge >= 0.3 is 5.97 Å². The van der Waals surface area contributed by atoms with Crippen molar-refractivity contribution in [3.8, 4) is 28.4 Å². The van der Waals surface area contributed by atoms with Gasteiger partial charge in [0.2, 0.25) is 5.75 Å². The predicted molar refractivity (Wildman–Crippen MR) is 121 cm³/mol. The van der Waals surface area contributed by atoms with Crippen molar-refractivity contribution in [3.05, 3.63) is 41.5 Å². The van der Waals surface area contributed by atoms with Gasteiger partial charge < -0.3 is 18.9 Å². The lowest BCUT2D eigenvalue weighted by Crippen LogP contribution is -2.41. The minimum atomic E-state index is -1.24. The molecular weight excluding hydrogens is 408 g/mol. The lowest BCUT2D eigenvalue weighted by Gasteiger charge is -2.30. The number of carbonyl (C=O) groups excluding carboxylic acids is 2. The molecule has 0 unspecified atom stereocenters. The smallest absolute Gasteiger partial charge is 0.349 e. The van der Waals surface area contributed by atoms with Gasteiger partial charge in [0.15, 0.2) is 22.9 Å². The van der Waals surface area contributed by atoms with Crippen molar-refractivity contribution in [1.82, 2.24) is 0 Å². The van der Waals surface area contributed by atoms with Crippen molar-refractivity contribution in [2.75, 3.05) is 20.8 Å². The molecule has 2 aromatic carbocycles. The molecule has 2 aromatic rings. The normalized spacial score (nSPS) is 15.7. The van der Waals surface area contributed by atoms with Crippen LogP contribution in [-0.2, 0) is 16.0 Å². The molecule has 0 N–H and O–H groups in total. The first kappa shape index (κ1) is 22.2. The van der Waals surface area contributed by atoms with Crippen LogP contribution in [0.1, 0.15) is 55.5 Å². The number of benzene rings is 2. The van der Waals surface area contributed by atoms with Gasteiger partial charge in [0.05, 0.1) is 20.8 Å². The Balaban J connectivity index is 1.73. The summed E-state index contributed by atoms with van der Waals surface area (Å²) in [5.41, 5.74) is 2.12. The summed E-state index contributed by atoms with van der Waals surface area (Å²) in [5, 5.41) is 0. The van der Waals surface area contributed by atoms with Crippen LogP contribution < -0.4 is 14.2 Å². The van der Waals surface area contributed by atoms with Crippen LogP contribution in [0.5, 0.6) is 17.2 Å². The van der Waals surface area contributed by atoms with Crippen molar-refractivity contribution in [2.24, 2.45) is 5.92 Å². The van der Waals surface area contributed by atoms with Crippen molar-refractivity contribution < 1.29 is 28.5 Å². The molecule has 32 heavy (non-hydrogen) atoms. The second-order valence-corrected chi connectivity index (χ2v) is 8.94. The van der Waals surface area contributed by atoms with Gasteiger partial charge in [0.25, 0.3) is 0 Å². The zero-order valence-corrected chi connectivity index (χ0v) is 19.2. The molecule has 6 heteroatoms. The number of Topliss-reactive ketones (excluding diaryl/α,β-unsaturated/α-hetero) is 1. The molecule has 0 aliphatic heterocycles. The summed E-state index contributed by atoms with van der Waals surface area (Å²) < 4.78 is 23.0. The maximum absolute atomic E-state index is 12.9. The van der Waals surface area contributed by atoms with E-state index >= 15 is 0 Å². The monoisotopic (exact) mass is 438 g/mol. The van der Waals surface area contributed by atoms with Gasteiger partial charge in [-0.1, -0.05) is 24.6 Å². The molecule has 1 fully saturated rings. The van der Waals surface area contributed by atoms with Crippen molar-refractivity contribution in [3.63, 3.8) is 0 Å². The van der Waals surface area contributed by atoms with Crippen LogP contribution in [-0.4, -0.2) is 38.2 Å². The fraction of sp³-hybridized carbons (Fsp3) is 0.462. The maximum atomic E-state index is 12.9. The largest absolute Gasteiger partial charge is 0.493 e. The zero-order valence-electron chi connectivity index (χ0n) is 19.2. The molecule has 4 rings (SSSR count). The lowest BCUT2D eigenvalue weighted by molar-refractivity contribution is -0.161. The number of hydrogen-bond acceptors (Lipinski definition) is 6. The molecular formula is C26H30O6. The van der Waals surface area contributed by atoms with Crippen molar-refractivity contribution >= 4 is 11.8 Å². The van der Waals surface area contributed by atoms with Gasteiger partial charge in [-0.3, -0.25) is 4.79 Å². The summed E-state index contributed by atoms with van der Waals surface area (Å²) in [5.74, 6) is 1.45. The molecule has 1 saturated carbocycles. The summed E-state index contributed by atoms with van der Waals surface area (Å²) in [4.78, 5) is 25.2. The van der Waals surface area contributed by atoms with Crippen LogP contribution in [0, 0.1) is 5.92 Å². The molecule has 0 radical (unpaired) electrons. The molecule has 0 spiro atoms. The Hall–Kier alpha value is -3.02. The highest BCUT2D eigenvalue weighted by Crippen LogP contribution is 2.47. The Morgan fingerprint density at radius 3 is 2.38 bits per heavy atom. The number of ketones is 1. The fourth-order valence-electron chi connectivity index (χ4n) is 4.28. The van der Waals surface area contributed by atoms with Crippen LogP contribution in [0.15, 0.2) is 30.3 Å². The number of methoxy groups -OCH3 is 2. The highest BCUT2D eigenvalue weighted by atomic mass is 16.6. The van der Waals surface area contributed by atoms with Gasteiger partial charge in [0.1, 0.15) is 0 Å². The molecule has 6 nitrogen and oxygen atoms in total. The number of rotatable bonds is 8. The molecule has 0 aromatic heterocycles. The molecule has 2 aliphatic carbocycles. The number of hydrogen-bond donors (Lipinski definition) is 0. The SMILES string of the molecule is COc1ccc(-c2cccc3c2CCC3=O)c(OC(C)(C)C(=O)OCC2CCC2)c1OC. The minimum Gasteiger partial charge on any atom is -0.493 e. The Bertz CT molecular complexity index is 1030. The van der Waals surface area contributed by atoms with Gasteiger partial charge in [-0.05, 0) is 62.3 Å². The molecule has 2 aliphatic rings. The fourth-order valence-corrected chi connectivity index (χ4v) is 4.28. The average Bonchev–Trinajstić information content (AvgIpc) is 3.13. The molecule has 0 bridgehead atoms. The van der Waals surface area contributed by atoms with Crippen molar-refractivity contribution in [2.45, 2.75) is 51.6 Å². The molecule has 170 valence electrons. The standard InChI is InChI=1S/C26H30O6/c1-26(2,25(28)31-15-16-7-5-8-16)32-23-20(12-14-22(29-3)24(23)30-4)17-9-6-10-19-18(17)11-13-21(19)27/h6,9-10,12,14,16H,5,7-8,11,13,15H2,1-4H3. The Morgan fingerprint density at radius 2 is 1.72 bits per heavy atom. The van der Waals surface area contributed by atoms with Gasteiger partial charge in [-0.2, -0.15) is 0 Å². The van der Waals surface area contributed by atoms with Gasteiger partial charge in [-0.25, -0.2) is 4.79 Å². The topological polar surface area (TPSA) is 71.1 Å². The average molecular weight is 439 g/mol. The highest BCUT2D eigenvalue weighted by Gasteiger charge is 2.36. The minimum absolute atomic E-state index is 0.143. The van der Waals surface area contributed by atoms with Crippen molar-refractivity contribution in [1.29, 1.82) is 0 Å².